The largest absolute Gasteiger partial charge is 0.508 e. The van der Waals surface area contributed by atoms with Gasteiger partial charge in [0.2, 0.25) is 5.91 Å². The lowest BCUT2D eigenvalue weighted by Crippen LogP contribution is -2.27. The van der Waals surface area contributed by atoms with Crippen molar-refractivity contribution in [3.05, 3.63) is 96.1 Å². The number of hydrogen-bond acceptors (Lipinski definition) is 8. The third-order valence-corrected chi connectivity index (χ3v) is 4.66. The van der Waals surface area contributed by atoms with E-state index in [9.17, 15) is 29.4 Å². The van der Waals surface area contributed by atoms with Gasteiger partial charge in [-0.1, -0.05) is 12.1 Å². The summed E-state index contributed by atoms with van der Waals surface area (Å²) in [6.45, 7) is 0. The van der Waals surface area contributed by atoms with E-state index in [4.69, 9.17) is 14.6 Å². The van der Waals surface area contributed by atoms with Crippen LogP contribution in [-0.2, 0) is 20.8 Å². The summed E-state index contributed by atoms with van der Waals surface area (Å²) in [5.41, 5.74) is 1.21. The molecule has 0 heterocycles. The average molecular weight is 491 g/mol. The van der Waals surface area contributed by atoms with E-state index >= 15 is 0 Å². The van der Waals surface area contributed by atoms with Gasteiger partial charge in [0.15, 0.2) is 6.10 Å². The van der Waals surface area contributed by atoms with Crippen LogP contribution in [-0.4, -0.2) is 45.2 Å². The van der Waals surface area contributed by atoms with Crippen LogP contribution in [0.25, 0.3) is 0 Å². The number of phenols is 1. The van der Waals surface area contributed by atoms with Gasteiger partial charge in [0.05, 0.1) is 5.56 Å². The van der Waals surface area contributed by atoms with Gasteiger partial charge in [0.25, 0.3) is 0 Å². The molecule has 1 atom stereocenters. The summed E-state index contributed by atoms with van der Waals surface area (Å²) >= 11 is 0. The van der Waals surface area contributed by atoms with Gasteiger partial charge in [-0.05, 0) is 66.2 Å². The molecule has 0 fully saturated rings. The van der Waals surface area contributed by atoms with Crippen LogP contribution >= 0.6 is 0 Å². The summed E-state index contributed by atoms with van der Waals surface area (Å²) in [4.78, 5) is 46.4. The first-order valence-corrected chi connectivity index (χ1v) is 10.5. The molecule has 10 nitrogen and oxygen atoms in total. The third-order valence-electron chi connectivity index (χ3n) is 4.66. The first-order valence-electron chi connectivity index (χ1n) is 10.5. The minimum atomic E-state index is -1.46. The number of phenolic OH excluding ortho intramolecular Hbond substituents is 1. The van der Waals surface area contributed by atoms with E-state index in [1.807, 2.05) is 0 Å². The number of aliphatic carboxylic acids is 1. The SMILES string of the molecule is O=C(O)/C=C\C(=O)Nc1ccc(OC(=O)C(O)Cc2ccc(OC(=O)c3ccc(O)cc3)cc2)cc1. The molecule has 0 spiro atoms. The Balaban J connectivity index is 1.49. The molecular weight excluding hydrogens is 470 g/mol. The molecule has 1 unspecified atom stereocenters. The van der Waals surface area contributed by atoms with Crippen LogP contribution in [0.2, 0.25) is 0 Å². The Morgan fingerprint density at radius 2 is 1.39 bits per heavy atom. The maximum Gasteiger partial charge on any atom is 0.343 e. The predicted octanol–water partition coefficient (Wildman–Crippen LogP) is 2.70. The van der Waals surface area contributed by atoms with E-state index in [1.165, 1.54) is 60.7 Å². The number of carboxylic acid groups (broad SMARTS) is 1. The van der Waals surface area contributed by atoms with Crippen LogP contribution in [0.3, 0.4) is 0 Å². The van der Waals surface area contributed by atoms with Gasteiger partial charge in [-0.25, -0.2) is 14.4 Å². The summed E-state index contributed by atoms with van der Waals surface area (Å²) in [5.74, 6) is -2.96. The summed E-state index contributed by atoms with van der Waals surface area (Å²) in [5, 5.41) is 30.4. The number of anilines is 1. The van der Waals surface area contributed by atoms with E-state index < -0.39 is 29.9 Å². The van der Waals surface area contributed by atoms with E-state index in [2.05, 4.69) is 5.32 Å². The molecule has 3 rings (SSSR count). The summed E-state index contributed by atoms with van der Waals surface area (Å²) in [6.07, 6.45) is 0.0505. The molecule has 0 radical (unpaired) electrons. The first kappa shape index (κ1) is 25.7. The Hall–Kier alpha value is -4.96. The van der Waals surface area contributed by atoms with Crippen LogP contribution in [0, 0.1) is 0 Å². The number of carboxylic acids is 1. The van der Waals surface area contributed by atoms with Gasteiger partial charge < -0.3 is 30.1 Å². The van der Waals surface area contributed by atoms with Crippen molar-refractivity contribution < 1.29 is 44.0 Å². The molecule has 184 valence electrons. The van der Waals surface area contributed by atoms with Crippen LogP contribution in [0.15, 0.2) is 84.9 Å². The Bertz CT molecular complexity index is 1260. The molecule has 4 N–H and O–H groups in total. The summed E-state index contributed by atoms with van der Waals surface area (Å²) < 4.78 is 10.4. The van der Waals surface area contributed by atoms with Gasteiger partial charge >= 0.3 is 17.9 Å². The lowest BCUT2D eigenvalue weighted by atomic mass is 10.1. The van der Waals surface area contributed by atoms with Crippen molar-refractivity contribution in [2.75, 3.05) is 5.32 Å². The summed E-state index contributed by atoms with van der Waals surface area (Å²) in [6, 6.07) is 17.5. The minimum absolute atomic E-state index is 0.0288. The molecule has 0 aliphatic heterocycles. The molecule has 0 saturated heterocycles. The Morgan fingerprint density at radius 1 is 0.806 bits per heavy atom. The Labute approximate surface area is 205 Å². The number of amides is 1. The number of esters is 2. The molecule has 0 aliphatic carbocycles. The van der Waals surface area contributed by atoms with Gasteiger partial charge in [-0.3, -0.25) is 4.79 Å². The fraction of sp³-hybridized carbons (Fsp3) is 0.0769. The van der Waals surface area contributed by atoms with Crippen molar-refractivity contribution in [2.45, 2.75) is 12.5 Å². The molecule has 10 heteroatoms. The van der Waals surface area contributed by atoms with Gasteiger partial charge in [0, 0.05) is 24.3 Å². The highest BCUT2D eigenvalue weighted by Gasteiger charge is 2.18. The highest BCUT2D eigenvalue weighted by atomic mass is 16.5. The number of aliphatic hydroxyl groups is 1. The molecular formula is C26H21NO9. The predicted molar refractivity (Wildman–Crippen MR) is 127 cm³/mol. The van der Waals surface area contributed by atoms with E-state index in [0.717, 1.165) is 6.08 Å². The quantitative estimate of drug-likeness (QED) is 0.200. The number of carbonyl (C=O) groups excluding carboxylic acids is 3. The minimum Gasteiger partial charge on any atom is -0.508 e. The average Bonchev–Trinajstić information content (AvgIpc) is 2.85. The van der Waals surface area contributed by atoms with Gasteiger partial charge in [-0.2, -0.15) is 0 Å². The van der Waals surface area contributed by atoms with E-state index in [-0.39, 0.29) is 29.2 Å². The van der Waals surface area contributed by atoms with Crippen molar-refractivity contribution in [1.29, 1.82) is 0 Å². The molecule has 36 heavy (non-hydrogen) atoms. The maximum absolute atomic E-state index is 12.2. The standard InChI is InChI=1S/C26H21NO9/c28-19-7-3-17(4-8-19)25(33)35-20-9-1-16(2-10-20)15-22(29)26(34)36-21-11-5-18(6-12-21)27-23(30)13-14-24(31)32/h1-14,22,28-29H,15H2,(H,27,30)(H,31,32)/b14-13-. The highest BCUT2D eigenvalue weighted by Crippen LogP contribution is 2.19. The number of aromatic hydroxyl groups is 1. The molecule has 3 aromatic carbocycles. The van der Waals surface area contributed by atoms with E-state index in [0.29, 0.717) is 17.3 Å². The van der Waals surface area contributed by atoms with Crippen LogP contribution in [0.4, 0.5) is 5.69 Å². The topological polar surface area (TPSA) is 159 Å². The fourth-order valence-corrected chi connectivity index (χ4v) is 2.89. The molecule has 3 aromatic rings. The number of hydrogen-bond donors (Lipinski definition) is 4. The zero-order chi connectivity index (χ0) is 26.1. The van der Waals surface area contributed by atoms with Gasteiger partial charge in [0.1, 0.15) is 17.2 Å². The molecule has 0 saturated carbocycles. The van der Waals surface area contributed by atoms with Crippen LogP contribution in [0.1, 0.15) is 15.9 Å². The molecule has 0 aromatic heterocycles. The lowest BCUT2D eigenvalue weighted by molar-refractivity contribution is -0.143. The number of nitrogens with one attached hydrogen (secondary N) is 1. The van der Waals surface area contributed by atoms with Crippen LogP contribution < -0.4 is 14.8 Å². The zero-order valence-corrected chi connectivity index (χ0v) is 18.7. The van der Waals surface area contributed by atoms with Gasteiger partial charge in [-0.15, -0.1) is 0 Å². The number of rotatable bonds is 9. The Kier molecular flexibility index (Phi) is 8.52. The Morgan fingerprint density at radius 3 is 2.00 bits per heavy atom. The van der Waals surface area contributed by atoms with Crippen LogP contribution in [0.5, 0.6) is 17.2 Å². The van der Waals surface area contributed by atoms with Crippen molar-refractivity contribution in [1.82, 2.24) is 0 Å². The number of benzene rings is 3. The van der Waals surface area contributed by atoms with E-state index in [1.54, 1.807) is 12.1 Å². The van der Waals surface area contributed by atoms with Crippen molar-refractivity contribution >= 4 is 29.5 Å². The van der Waals surface area contributed by atoms with Crippen molar-refractivity contribution in [3.8, 4) is 17.2 Å². The molecule has 0 bridgehead atoms. The second kappa shape index (κ2) is 12.0. The van der Waals surface area contributed by atoms with Crippen molar-refractivity contribution in [2.24, 2.45) is 0 Å². The highest BCUT2D eigenvalue weighted by molar-refractivity contribution is 6.02. The second-order valence-electron chi connectivity index (χ2n) is 7.41. The number of aliphatic hydroxyl groups excluding tert-OH is 1. The summed E-state index contributed by atoms with van der Waals surface area (Å²) in [7, 11) is 0. The normalized spacial score (nSPS) is 11.5. The zero-order valence-electron chi connectivity index (χ0n) is 18.7. The lowest BCUT2D eigenvalue weighted by Gasteiger charge is -2.12. The second-order valence-corrected chi connectivity index (χ2v) is 7.41. The smallest absolute Gasteiger partial charge is 0.343 e. The third kappa shape index (κ3) is 7.82. The molecule has 0 aliphatic rings. The fourth-order valence-electron chi connectivity index (χ4n) is 2.89. The number of carbonyl (C=O) groups is 4. The monoisotopic (exact) mass is 491 g/mol. The maximum atomic E-state index is 12.2. The van der Waals surface area contributed by atoms with Crippen molar-refractivity contribution in [3.63, 3.8) is 0 Å². The first-order chi connectivity index (χ1) is 17.2. The number of ether oxygens (including phenoxy) is 2. The molecule has 1 amide bonds.